The number of sulfonamides is 1. The van der Waals surface area contributed by atoms with Crippen molar-refractivity contribution in [3.63, 3.8) is 0 Å². The number of hydrogen-bond acceptors (Lipinski definition) is 5. The van der Waals surface area contributed by atoms with Crippen LogP contribution in [0.4, 0.5) is 0 Å². The van der Waals surface area contributed by atoms with E-state index in [1.807, 2.05) is 6.07 Å². The van der Waals surface area contributed by atoms with Crippen LogP contribution >= 0.6 is 0 Å². The van der Waals surface area contributed by atoms with Gasteiger partial charge in [-0.1, -0.05) is 48.5 Å². The van der Waals surface area contributed by atoms with Gasteiger partial charge in [0.05, 0.1) is 11.7 Å². The van der Waals surface area contributed by atoms with Crippen LogP contribution in [-0.2, 0) is 21.2 Å². The lowest BCUT2D eigenvalue weighted by Crippen LogP contribution is -2.35. The summed E-state index contributed by atoms with van der Waals surface area (Å²) in [5.41, 5.74) is 2.38. The zero-order chi connectivity index (χ0) is 21.6. The predicted octanol–water partition coefficient (Wildman–Crippen LogP) is 3.10. The van der Waals surface area contributed by atoms with Crippen LogP contribution in [-0.4, -0.2) is 30.8 Å². The van der Waals surface area contributed by atoms with Crippen LogP contribution in [0.2, 0.25) is 0 Å². The number of aryl methyl sites for hydroxylation is 1. The molecule has 3 rings (SSSR count). The van der Waals surface area contributed by atoms with Crippen LogP contribution in [0, 0.1) is 0 Å². The topological polar surface area (TPSA) is 93.2 Å². The van der Waals surface area contributed by atoms with E-state index in [2.05, 4.69) is 9.71 Å². The van der Waals surface area contributed by atoms with Crippen molar-refractivity contribution in [2.75, 3.05) is 5.75 Å². The normalized spacial score (nSPS) is 12.2. The van der Waals surface area contributed by atoms with Crippen LogP contribution in [0.25, 0.3) is 0 Å². The van der Waals surface area contributed by atoms with Crippen molar-refractivity contribution in [2.24, 2.45) is 0 Å². The second-order valence-corrected chi connectivity index (χ2v) is 8.77. The number of carbonyl (C=O) groups is 2. The van der Waals surface area contributed by atoms with Gasteiger partial charge in [0.25, 0.3) is 0 Å². The highest BCUT2D eigenvalue weighted by Crippen LogP contribution is 2.19. The number of carbonyl (C=O) groups excluding carboxylic acids is 2. The van der Waals surface area contributed by atoms with Crippen molar-refractivity contribution in [1.29, 1.82) is 0 Å². The highest BCUT2D eigenvalue weighted by Gasteiger charge is 2.22. The van der Waals surface area contributed by atoms with E-state index < -0.39 is 21.8 Å². The second-order valence-electron chi connectivity index (χ2n) is 6.93. The molecule has 7 heteroatoms. The molecular formula is C23H22N2O4S. The van der Waals surface area contributed by atoms with Crippen LogP contribution in [0.15, 0.2) is 79.1 Å². The van der Waals surface area contributed by atoms with Crippen molar-refractivity contribution in [2.45, 2.75) is 19.3 Å². The minimum atomic E-state index is -3.79. The summed E-state index contributed by atoms with van der Waals surface area (Å²) < 4.78 is 26.8. The van der Waals surface area contributed by atoms with E-state index in [0.29, 0.717) is 16.7 Å². The number of benzene rings is 2. The largest absolute Gasteiger partial charge is 0.289 e. The van der Waals surface area contributed by atoms with Gasteiger partial charge in [0.15, 0.2) is 5.78 Å². The fraction of sp³-hybridized carbons (Fsp3) is 0.174. The molecule has 0 bridgehead atoms. The first-order valence-corrected chi connectivity index (χ1v) is 11.1. The Kier molecular flexibility index (Phi) is 6.74. The summed E-state index contributed by atoms with van der Waals surface area (Å²) in [6.45, 7) is 1.61. The maximum absolute atomic E-state index is 12.6. The minimum Gasteiger partial charge on any atom is -0.289 e. The highest BCUT2D eigenvalue weighted by atomic mass is 32.2. The molecule has 0 fully saturated rings. The number of nitrogens with one attached hydrogen (secondary N) is 1. The van der Waals surface area contributed by atoms with E-state index in [-0.39, 0.29) is 18.0 Å². The summed E-state index contributed by atoms with van der Waals surface area (Å²) in [7, 11) is -3.79. The van der Waals surface area contributed by atoms with Gasteiger partial charge < -0.3 is 0 Å². The smallest absolute Gasteiger partial charge is 0.240 e. The van der Waals surface area contributed by atoms with Crippen molar-refractivity contribution >= 4 is 21.7 Å². The summed E-state index contributed by atoms with van der Waals surface area (Å²) >= 11 is 0. The Morgan fingerprint density at radius 1 is 0.933 bits per heavy atom. The molecule has 0 aliphatic heterocycles. The van der Waals surface area contributed by atoms with Gasteiger partial charge in [0.1, 0.15) is 0 Å². The van der Waals surface area contributed by atoms with Crippen molar-refractivity contribution < 1.29 is 18.0 Å². The molecule has 1 unspecified atom stereocenters. The Morgan fingerprint density at radius 3 is 2.30 bits per heavy atom. The number of nitrogens with zero attached hydrogens (tertiary/aromatic N) is 1. The van der Waals surface area contributed by atoms with E-state index in [4.69, 9.17) is 0 Å². The van der Waals surface area contributed by atoms with Crippen molar-refractivity contribution in [3.05, 3.63) is 101 Å². The molecule has 1 atom stereocenters. The molecule has 30 heavy (non-hydrogen) atoms. The van der Waals surface area contributed by atoms with E-state index in [9.17, 15) is 18.0 Å². The van der Waals surface area contributed by atoms with Gasteiger partial charge >= 0.3 is 0 Å². The standard InChI is InChI=1S/C23H22N2O4S/c1-17(23(27)25-30(28,29)15-12-18-10-13-24-14-11-18)20-8-5-9-21(16-20)22(26)19-6-3-2-4-7-19/h2-11,13-14,16-17H,12,15H2,1H3,(H,25,27). The number of pyridine rings is 1. The van der Waals surface area contributed by atoms with Gasteiger partial charge in [-0.2, -0.15) is 0 Å². The molecule has 0 radical (unpaired) electrons. The molecule has 0 saturated heterocycles. The van der Waals surface area contributed by atoms with Crippen molar-refractivity contribution in [1.82, 2.24) is 9.71 Å². The summed E-state index contributed by atoms with van der Waals surface area (Å²) in [5.74, 6) is -1.73. The highest BCUT2D eigenvalue weighted by molar-refractivity contribution is 7.90. The first-order chi connectivity index (χ1) is 14.4. The molecule has 154 valence electrons. The van der Waals surface area contributed by atoms with Gasteiger partial charge in [0, 0.05) is 23.5 Å². The number of aromatic nitrogens is 1. The van der Waals surface area contributed by atoms with Crippen LogP contribution in [0.1, 0.15) is 39.9 Å². The molecule has 0 spiro atoms. The minimum absolute atomic E-state index is 0.157. The Hall–Kier alpha value is -3.32. The van der Waals surface area contributed by atoms with E-state index in [1.165, 1.54) is 0 Å². The third kappa shape index (κ3) is 5.61. The van der Waals surface area contributed by atoms with Crippen LogP contribution in [0.3, 0.4) is 0 Å². The van der Waals surface area contributed by atoms with Crippen LogP contribution in [0.5, 0.6) is 0 Å². The molecule has 1 amide bonds. The Balaban J connectivity index is 1.67. The average molecular weight is 423 g/mol. The second kappa shape index (κ2) is 9.45. The summed E-state index contributed by atoms with van der Waals surface area (Å²) in [4.78, 5) is 29.1. The Morgan fingerprint density at radius 2 is 1.60 bits per heavy atom. The van der Waals surface area contributed by atoms with Gasteiger partial charge in [-0.3, -0.25) is 19.3 Å². The Bertz CT molecular complexity index is 1130. The number of rotatable bonds is 8. The van der Waals surface area contributed by atoms with Gasteiger partial charge in [-0.15, -0.1) is 0 Å². The van der Waals surface area contributed by atoms with E-state index in [1.54, 1.807) is 80.0 Å². The first-order valence-electron chi connectivity index (χ1n) is 9.49. The third-order valence-corrected chi connectivity index (χ3v) is 6.00. The Labute approximate surface area is 176 Å². The van der Waals surface area contributed by atoms with Gasteiger partial charge in [-0.25, -0.2) is 8.42 Å². The maximum atomic E-state index is 12.6. The molecule has 0 saturated carbocycles. The molecule has 6 nitrogen and oxygen atoms in total. The molecule has 0 aliphatic rings. The summed E-state index contributed by atoms with van der Waals surface area (Å²) in [6, 6.07) is 19.0. The fourth-order valence-corrected chi connectivity index (χ4v) is 4.04. The van der Waals surface area contributed by atoms with E-state index in [0.717, 1.165) is 5.56 Å². The van der Waals surface area contributed by atoms with Crippen LogP contribution < -0.4 is 4.72 Å². The number of ketones is 1. The predicted molar refractivity (Wildman–Crippen MR) is 115 cm³/mol. The zero-order valence-corrected chi connectivity index (χ0v) is 17.3. The SMILES string of the molecule is CC(C(=O)NS(=O)(=O)CCc1ccncc1)c1cccc(C(=O)c2ccccc2)c1. The fourth-order valence-electron chi connectivity index (χ4n) is 2.95. The number of amides is 1. The average Bonchev–Trinajstić information content (AvgIpc) is 2.78. The zero-order valence-electron chi connectivity index (χ0n) is 16.5. The monoisotopic (exact) mass is 422 g/mol. The van der Waals surface area contributed by atoms with Crippen molar-refractivity contribution in [3.8, 4) is 0 Å². The van der Waals surface area contributed by atoms with Gasteiger partial charge in [0.2, 0.25) is 15.9 Å². The molecule has 1 N–H and O–H groups in total. The summed E-state index contributed by atoms with van der Waals surface area (Å²) in [5, 5.41) is 0. The maximum Gasteiger partial charge on any atom is 0.240 e. The quantitative estimate of drug-likeness (QED) is 0.563. The van der Waals surface area contributed by atoms with Gasteiger partial charge in [-0.05, 0) is 42.7 Å². The molecule has 0 aliphatic carbocycles. The molecule has 3 aromatic rings. The molecule has 1 aromatic heterocycles. The first kappa shape index (κ1) is 21.4. The van der Waals surface area contributed by atoms with E-state index >= 15 is 0 Å². The lowest BCUT2D eigenvalue weighted by molar-refractivity contribution is -0.120. The molecular weight excluding hydrogens is 400 g/mol. The summed E-state index contributed by atoms with van der Waals surface area (Å²) in [6.07, 6.45) is 3.46. The lowest BCUT2D eigenvalue weighted by Gasteiger charge is -2.14. The molecule has 1 heterocycles. The molecule has 2 aromatic carbocycles. The third-order valence-electron chi connectivity index (χ3n) is 4.74. The lowest BCUT2D eigenvalue weighted by atomic mass is 9.95. The number of hydrogen-bond donors (Lipinski definition) is 1.